The summed E-state index contributed by atoms with van der Waals surface area (Å²) in [6.45, 7) is 8.57. The molecular formula is C31H35N3O2. The Balaban J connectivity index is 1.88. The van der Waals surface area contributed by atoms with E-state index in [0.29, 0.717) is 29.7 Å². The fourth-order valence-electron chi connectivity index (χ4n) is 4.69. The zero-order chi connectivity index (χ0) is 25.7. The van der Waals surface area contributed by atoms with Gasteiger partial charge in [-0.1, -0.05) is 82.3 Å². The van der Waals surface area contributed by atoms with Gasteiger partial charge in [-0.05, 0) is 54.7 Å². The van der Waals surface area contributed by atoms with Crippen LogP contribution in [0.3, 0.4) is 0 Å². The van der Waals surface area contributed by atoms with Gasteiger partial charge in [0.25, 0.3) is 5.56 Å². The molecule has 0 spiro atoms. The van der Waals surface area contributed by atoms with E-state index in [2.05, 4.69) is 26.0 Å². The van der Waals surface area contributed by atoms with Gasteiger partial charge in [0, 0.05) is 12.5 Å². The Bertz CT molecular complexity index is 1370. The molecule has 4 rings (SSSR count). The lowest BCUT2D eigenvalue weighted by Gasteiger charge is -2.33. The highest BCUT2D eigenvalue weighted by Crippen LogP contribution is 2.28. The van der Waals surface area contributed by atoms with Crippen LogP contribution in [-0.2, 0) is 17.6 Å². The smallest absolute Gasteiger partial charge is 0.266 e. The van der Waals surface area contributed by atoms with Crippen LogP contribution in [0, 0.1) is 5.92 Å². The summed E-state index contributed by atoms with van der Waals surface area (Å²) in [5, 5.41) is 0.571. The van der Waals surface area contributed by atoms with E-state index < -0.39 is 0 Å². The van der Waals surface area contributed by atoms with Crippen LogP contribution < -0.4 is 5.56 Å². The van der Waals surface area contributed by atoms with Gasteiger partial charge in [-0.2, -0.15) is 0 Å². The van der Waals surface area contributed by atoms with Crippen LogP contribution in [0.4, 0.5) is 0 Å². The fraction of sp³-hybridized carbons (Fsp3) is 0.323. The fourth-order valence-corrected chi connectivity index (χ4v) is 4.69. The van der Waals surface area contributed by atoms with Gasteiger partial charge in [0.1, 0.15) is 5.82 Å². The maximum Gasteiger partial charge on any atom is 0.266 e. The molecule has 0 bridgehead atoms. The molecule has 186 valence electrons. The lowest BCUT2D eigenvalue weighted by molar-refractivity contribution is -0.137. The summed E-state index contributed by atoms with van der Waals surface area (Å²) in [6.07, 6.45) is 2.30. The van der Waals surface area contributed by atoms with E-state index in [1.165, 1.54) is 11.1 Å². The van der Waals surface area contributed by atoms with Crippen molar-refractivity contribution in [2.75, 3.05) is 6.54 Å². The number of nitrogens with zero attached hydrogens (tertiary/aromatic N) is 3. The molecule has 1 unspecified atom stereocenters. The molecule has 0 saturated carbocycles. The van der Waals surface area contributed by atoms with Crippen LogP contribution in [0.25, 0.3) is 16.6 Å². The third-order valence-corrected chi connectivity index (χ3v) is 6.73. The minimum atomic E-state index is -0.341. The second kappa shape index (κ2) is 11.3. The standard InChI is InChI=1S/C31H35N3O2/c1-5-23-16-18-25(19-17-23)34-29(32-27-15-11-10-14-26(27)31(34)36)28(6-2)33(30(35)22(3)4)21-20-24-12-8-7-9-13-24/h7-19,22,28H,5-6,20-21H2,1-4H3. The summed E-state index contributed by atoms with van der Waals surface area (Å²) < 4.78 is 1.71. The average Bonchev–Trinajstić information content (AvgIpc) is 2.91. The highest BCUT2D eigenvalue weighted by atomic mass is 16.2. The molecule has 0 aliphatic rings. The Labute approximate surface area is 213 Å². The van der Waals surface area contributed by atoms with Crippen LogP contribution in [0.1, 0.15) is 57.1 Å². The zero-order valence-electron chi connectivity index (χ0n) is 21.6. The average molecular weight is 482 g/mol. The van der Waals surface area contributed by atoms with Gasteiger partial charge < -0.3 is 4.90 Å². The summed E-state index contributed by atoms with van der Waals surface area (Å²) in [5.41, 5.74) is 3.68. The number of carbonyl (C=O) groups excluding carboxylic acids is 1. The Morgan fingerprint density at radius 2 is 1.56 bits per heavy atom. The molecule has 1 heterocycles. The number of para-hydroxylation sites is 1. The van der Waals surface area contributed by atoms with Gasteiger partial charge >= 0.3 is 0 Å². The highest BCUT2D eigenvalue weighted by Gasteiger charge is 2.30. The molecule has 1 aromatic heterocycles. The van der Waals surface area contributed by atoms with Crippen molar-refractivity contribution in [3.8, 4) is 5.69 Å². The summed E-state index contributed by atoms with van der Waals surface area (Å²) in [6, 6.07) is 25.4. The van der Waals surface area contributed by atoms with Gasteiger partial charge in [-0.15, -0.1) is 0 Å². The molecule has 5 heteroatoms. The van der Waals surface area contributed by atoms with Crippen LogP contribution in [-0.4, -0.2) is 26.9 Å². The number of fused-ring (bicyclic) bond motifs is 1. The van der Waals surface area contributed by atoms with Crippen molar-refractivity contribution in [3.63, 3.8) is 0 Å². The zero-order valence-corrected chi connectivity index (χ0v) is 21.6. The molecule has 1 atom stereocenters. The SMILES string of the molecule is CCc1ccc(-n2c(C(CC)N(CCc3ccccc3)C(=O)C(C)C)nc3ccccc3c2=O)cc1. The normalized spacial score (nSPS) is 12.1. The summed E-state index contributed by atoms with van der Waals surface area (Å²) in [7, 11) is 0. The molecule has 0 N–H and O–H groups in total. The maximum atomic E-state index is 13.8. The predicted octanol–water partition coefficient (Wildman–Crippen LogP) is 6.13. The molecule has 5 nitrogen and oxygen atoms in total. The van der Waals surface area contributed by atoms with E-state index in [1.807, 2.05) is 85.5 Å². The number of rotatable bonds is 9. The topological polar surface area (TPSA) is 55.2 Å². The van der Waals surface area contributed by atoms with Crippen molar-refractivity contribution in [1.82, 2.24) is 14.5 Å². The number of hydrogen-bond donors (Lipinski definition) is 0. The van der Waals surface area contributed by atoms with Crippen LogP contribution in [0.2, 0.25) is 0 Å². The summed E-state index contributed by atoms with van der Waals surface area (Å²) in [4.78, 5) is 34.3. The quantitative estimate of drug-likeness (QED) is 0.289. The van der Waals surface area contributed by atoms with Crippen molar-refractivity contribution in [2.45, 2.75) is 53.0 Å². The number of hydrogen-bond acceptors (Lipinski definition) is 3. The Hall–Kier alpha value is -3.73. The number of benzene rings is 3. The van der Waals surface area contributed by atoms with E-state index in [4.69, 9.17) is 4.98 Å². The Morgan fingerprint density at radius 1 is 0.889 bits per heavy atom. The Kier molecular flexibility index (Phi) is 7.99. The molecule has 0 radical (unpaired) electrons. The lowest BCUT2D eigenvalue weighted by Crippen LogP contribution is -2.41. The monoisotopic (exact) mass is 481 g/mol. The highest BCUT2D eigenvalue weighted by molar-refractivity contribution is 5.80. The van der Waals surface area contributed by atoms with Crippen LogP contribution >= 0.6 is 0 Å². The third-order valence-electron chi connectivity index (χ3n) is 6.73. The first-order chi connectivity index (χ1) is 17.4. The predicted molar refractivity (Wildman–Crippen MR) is 146 cm³/mol. The number of amides is 1. The van der Waals surface area contributed by atoms with Crippen molar-refractivity contribution in [1.29, 1.82) is 0 Å². The summed E-state index contributed by atoms with van der Waals surface area (Å²) in [5.74, 6) is 0.500. The first-order valence-electron chi connectivity index (χ1n) is 12.9. The maximum absolute atomic E-state index is 13.8. The lowest BCUT2D eigenvalue weighted by atomic mass is 10.0. The molecule has 0 aliphatic carbocycles. The van der Waals surface area contributed by atoms with E-state index in [9.17, 15) is 9.59 Å². The molecule has 0 saturated heterocycles. The number of aromatic nitrogens is 2. The second-order valence-corrected chi connectivity index (χ2v) is 9.49. The van der Waals surface area contributed by atoms with E-state index in [0.717, 1.165) is 18.5 Å². The molecule has 3 aromatic carbocycles. The van der Waals surface area contributed by atoms with Crippen molar-refractivity contribution in [3.05, 3.63) is 106 Å². The van der Waals surface area contributed by atoms with Gasteiger partial charge in [-0.3, -0.25) is 14.2 Å². The largest absolute Gasteiger partial charge is 0.332 e. The molecule has 0 fully saturated rings. The second-order valence-electron chi connectivity index (χ2n) is 9.49. The summed E-state index contributed by atoms with van der Waals surface area (Å²) >= 11 is 0. The minimum absolute atomic E-state index is 0.0630. The minimum Gasteiger partial charge on any atom is -0.332 e. The number of aryl methyl sites for hydroxylation is 1. The first-order valence-corrected chi connectivity index (χ1v) is 12.9. The van der Waals surface area contributed by atoms with E-state index in [-0.39, 0.29) is 23.4 Å². The van der Waals surface area contributed by atoms with E-state index in [1.54, 1.807) is 4.57 Å². The number of carbonyl (C=O) groups is 1. The molecule has 4 aromatic rings. The van der Waals surface area contributed by atoms with Crippen LogP contribution in [0.15, 0.2) is 83.7 Å². The molecule has 1 amide bonds. The molecule has 36 heavy (non-hydrogen) atoms. The van der Waals surface area contributed by atoms with Crippen molar-refractivity contribution < 1.29 is 4.79 Å². The Morgan fingerprint density at radius 3 is 2.19 bits per heavy atom. The van der Waals surface area contributed by atoms with E-state index >= 15 is 0 Å². The first kappa shape index (κ1) is 25.4. The van der Waals surface area contributed by atoms with Gasteiger partial charge in [-0.25, -0.2) is 4.98 Å². The van der Waals surface area contributed by atoms with Gasteiger partial charge in [0.05, 0.1) is 22.6 Å². The van der Waals surface area contributed by atoms with Crippen molar-refractivity contribution >= 4 is 16.8 Å². The van der Waals surface area contributed by atoms with Gasteiger partial charge in [0.2, 0.25) is 5.91 Å². The molecular weight excluding hydrogens is 446 g/mol. The third kappa shape index (κ3) is 5.25. The van der Waals surface area contributed by atoms with Crippen LogP contribution in [0.5, 0.6) is 0 Å². The van der Waals surface area contributed by atoms with Gasteiger partial charge in [0.15, 0.2) is 0 Å². The van der Waals surface area contributed by atoms with Crippen molar-refractivity contribution in [2.24, 2.45) is 5.92 Å². The molecule has 0 aliphatic heterocycles.